The Kier molecular flexibility index (Phi) is 4.38. The fourth-order valence-electron chi connectivity index (χ4n) is 2.24. The molecule has 0 aliphatic rings. The third-order valence-corrected chi connectivity index (χ3v) is 5.64. The molecular weight excluding hydrogens is 346 g/mol. The number of nitrogens with zero attached hydrogens (tertiary/aromatic N) is 1. The SMILES string of the molecule is Cc1ccc(S(C)(=O)=O)cc1C(=O)OCc1nc2ccccc2s1. The number of hydrogen-bond donors (Lipinski definition) is 0. The Balaban J connectivity index is 1.79. The lowest BCUT2D eigenvalue weighted by atomic mass is 10.1. The average molecular weight is 361 g/mol. The van der Waals surface area contributed by atoms with E-state index in [1.165, 1.54) is 23.5 Å². The van der Waals surface area contributed by atoms with Crippen LogP contribution >= 0.6 is 11.3 Å². The van der Waals surface area contributed by atoms with E-state index in [-0.39, 0.29) is 17.1 Å². The molecule has 24 heavy (non-hydrogen) atoms. The molecule has 0 bridgehead atoms. The maximum atomic E-state index is 12.3. The molecule has 0 aliphatic heterocycles. The summed E-state index contributed by atoms with van der Waals surface area (Å²) in [4.78, 5) is 16.8. The lowest BCUT2D eigenvalue weighted by Gasteiger charge is -2.07. The summed E-state index contributed by atoms with van der Waals surface area (Å²) in [5.41, 5.74) is 1.78. The lowest BCUT2D eigenvalue weighted by molar-refractivity contribution is 0.0471. The van der Waals surface area contributed by atoms with Gasteiger partial charge in [0.25, 0.3) is 0 Å². The quantitative estimate of drug-likeness (QED) is 0.666. The second-order valence-corrected chi connectivity index (χ2v) is 8.53. The Bertz CT molecular complexity index is 989. The van der Waals surface area contributed by atoms with Crippen LogP contribution in [0.4, 0.5) is 0 Å². The molecule has 0 N–H and O–H groups in total. The zero-order valence-electron chi connectivity index (χ0n) is 13.1. The van der Waals surface area contributed by atoms with Crippen LogP contribution in [0.3, 0.4) is 0 Å². The number of para-hydroxylation sites is 1. The number of carbonyl (C=O) groups excluding carboxylic acids is 1. The number of esters is 1. The predicted molar refractivity (Wildman–Crippen MR) is 93.0 cm³/mol. The Hall–Kier alpha value is -2.25. The molecule has 0 radical (unpaired) electrons. The van der Waals surface area contributed by atoms with Crippen molar-refractivity contribution in [3.8, 4) is 0 Å². The molecule has 3 aromatic rings. The van der Waals surface area contributed by atoms with Gasteiger partial charge < -0.3 is 4.74 Å². The van der Waals surface area contributed by atoms with Crippen LogP contribution in [0.25, 0.3) is 10.2 Å². The topological polar surface area (TPSA) is 73.3 Å². The molecule has 124 valence electrons. The molecule has 0 spiro atoms. The molecule has 0 unspecified atom stereocenters. The van der Waals surface area contributed by atoms with Crippen molar-refractivity contribution < 1.29 is 17.9 Å². The van der Waals surface area contributed by atoms with Crippen LogP contribution < -0.4 is 0 Å². The summed E-state index contributed by atoms with van der Waals surface area (Å²) in [5, 5.41) is 0.696. The summed E-state index contributed by atoms with van der Waals surface area (Å²) in [6.45, 7) is 1.79. The monoisotopic (exact) mass is 361 g/mol. The van der Waals surface area contributed by atoms with Crippen molar-refractivity contribution in [1.82, 2.24) is 4.98 Å². The second-order valence-electron chi connectivity index (χ2n) is 5.40. The maximum Gasteiger partial charge on any atom is 0.338 e. The molecule has 5 nitrogen and oxygen atoms in total. The van der Waals surface area contributed by atoms with E-state index in [2.05, 4.69) is 4.98 Å². The minimum absolute atomic E-state index is 0.0563. The Morgan fingerprint density at radius 3 is 2.67 bits per heavy atom. The van der Waals surface area contributed by atoms with Crippen LogP contribution in [0.15, 0.2) is 47.4 Å². The van der Waals surface area contributed by atoms with Crippen LogP contribution in [0.5, 0.6) is 0 Å². The number of fused-ring (bicyclic) bond motifs is 1. The van der Waals surface area contributed by atoms with E-state index in [9.17, 15) is 13.2 Å². The lowest BCUT2D eigenvalue weighted by Crippen LogP contribution is -2.09. The van der Waals surface area contributed by atoms with Crippen LogP contribution in [0.1, 0.15) is 20.9 Å². The van der Waals surface area contributed by atoms with Gasteiger partial charge in [-0.05, 0) is 36.8 Å². The number of hydrogen-bond acceptors (Lipinski definition) is 6. The van der Waals surface area contributed by atoms with E-state index in [0.717, 1.165) is 16.5 Å². The van der Waals surface area contributed by atoms with Crippen molar-refractivity contribution in [3.05, 3.63) is 58.6 Å². The summed E-state index contributed by atoms with van der Waals surface area (Å²) in [6.07, 6.45) is 1.11. The highest BCUT2D eigenvalue weighted by molar-refractivity contribution is 7.90. The van der Waals surface area contributed by atoms with Crippen molar-refractivity contribution in [2.24, 2.45) is 0 Å². The van der Waals surface area contributed by atoms with E-state index in [1.807, 2.05) is 24.3 Å². The number of benzene rings is 2. The van der Waals surface area contributed by atoms with Crippen molar-refractivity contribution in [2.45, 2.75) is 18.4 Å². The van der Waals surface area contributed by atoms with E-state index in [4.69, 9.17) is 4.74 Å². The van der Waals surface area contributed by atoms with Gasteiger partial charge >= 0.3 is 5.97 Å². The third-order valence-electron chi connectivity index (χ3n) is 3.52. The third kappa shape index (κ3) is 3.47. The average Bonchev–Trinajstić information content (AvgIpc) is 2.94. The van der Waals surface area contributed by atoms with E-state index in [0.29, 0.717) is 10.6 Å². The van der Waals surface area contributed by atoms with Gasteiger partial charge in [0.2, 0.25) is 0 Å². The highest BCUT2D eigenvalue weighted by atomic mass is 32.2. The van der Waals surface area contributed by atoms with Gasteiger partial charge in [-0.15, -0.1) is 11.3 Å². The van der Waals surface area contributed by atoms with Gasteiger partial charge in [0, 0.05) is 6.26 Å². The molecule has 0 atom stereocenters. The van der Waals surface area contributed by atoms with Crippen molar-refractivity contribution >= 4 is 37.4 Å². The first-order valence-corrected chi connectivity index (χ1v) is 9.87. The molecule has 0 aliphatic carbocycles. The van der Waals surface area contributed by atoms with Crippen LogP contribution in [0, 0.1) is 6.92 Å². The molecule has 0 fully saturated rings. The molecule has 1 aromatic heterocycles. The molecule has 7 heteroatoms. The molecular formula is C17H15NO4S2. The largest absolute Gasteiger partial charge is 0.455 e. The predicted octanol–water partition coefficient (Wildman–Crippen LogP) is 3.37. The van der Waals surface area contributed by atoms with E-state index in [1.54, 1.807) is 13.0 Å². The van der Waals surface area contributed by atoms with Crippen molar-refractivity contribution in [1.29, 1.82) is 0 Å². The summed E-state index contributed by atoms with van der Waals surface area (Å²) >= 11 is 1.46. The molecule has 0 saturated heterocycles. The number of aromatic nitrogens is 1. The smallest absolute Gasteiger partial charge is 0.338 e. The van der Waals surface area contributed by atoms with Crippen molar-refractivity contribution in [2.75, 3.05) is 6.26 Å². The summed E-state index contributed by atoms with van der Waals surface area (Å²) in [5.74, 6) is -0.558. The number of ether oxygens (including phenoxy) is 1. The Labute approximate surface area is 143 Å². The normalized spacial score (nSPS) is 11.6. The number of thiazole rings is 1. The van der Waals surface area contributed by atoms with Gasteiger partial charge in [0.15, 0.2) is 9.84 Å². The van der Waals surface area contributed by atoms with E-state index >= 15 is 0 Å². The van der Waals surface area contributed by atoms with Gasteiger partial charge in [-0.3, -0.25) is 0 Å². The van der Waals surface area contributed by atoms with Gasteiger partial charge in [0.1, 0.15) is 11.6 Å². The fraction of sp³-hybridized carbons (Fsp3) is 0.176. The van der Waals surface area contributed by atoms with Crippen LogP contribution in [-0.2, 0) is 21.2 Å². The molecule has 3 rings (SSSR count). The Morgan fingerprint density at radius 1 is 1.21 bits per heavy atom. The summed E-state index contributed by atoms with van der Waals surface area (Å²) < 4.78 is 29.6. The molecule has 0 saturated carbocycles. The number of rotatable bonds is 4. The van der Waals surface area contributed by atoms with Gasteiger partial charge in [-0.2, -0.15) is 0 Å². The Morgan fingerprint density at radius 2 is 1.96 bits per heavy atom. The summed E-state index contributed by atoms with van der Waals surface area (Å²) in [6, 6.07) is 12.1. The second kappa shape index (κ2) is 6.33. The number of sulfone groups is 1. The van der Waals surface area contributed by atoms with E-state index < -0.39 is 15.8 Å². The van der Waals surface area contributed by atoms with Crippen LogP contribution in [-0.4, -0.2) is 25.6 Å². The van der Waals surface area contributed by atoms with Gasteiger partial charge in [0.05, 0.1) is 20.7 Å². The maximum absolute atomic E-state index is 12.3. The number of carbonyl (C=O) groups is 1. The first-order valence-electron chi connectivity index (χ1n) is 7.17. The van der Waals surface area contributed by atoms with Gasteiger partial charge in [-0.25, -0.2) is 18.2 Å². The van der Waals surface area contributed by atoms with Crippen molar-refractivity contribution in [3.63, 3.8) is 0 Å². The number of aryl methyl sites for hydroxylation is 1. The zero-order valence-corrected chi connectivity index (χ0v) is 14.8. The fourth-order valence-corrected chi connectivity index (χ4v) is 3.77. The first kappa shape index (κ1) is 16.6. The highest BCUT2D eigenvalue weighted by Gasteiger charge is 2.16. The molecule has 0 amide bonds. The highest BCUT2D eigenvalue weighted by Crippen LogP contribution is 2.23. The molecule has 1 heterocycles. The minimum atomic E-state index is -3.38. The standard InChI is InChI=1S/C17H15NO4S2/c1-11-7-8-12(24(2,20)21)9-13(11)17(19)22-10-16-18-14-5-3-4-6-15(14)23-16/h3-9H,10H2,1-2H3. The first-order chi connectivity index (χ1) is 11.3. The zero-order chi connectivity index (χ0) is 17.3. The minimum Gasteiger partial charge on any atom is -0.455 e. The van der Waals surface area contributed by atoms with Gasteiger partial charge in [-0.1, -0.05) is 18.2 Å². The summed E-state index contributed by atoms with van der Waals surface area (Å²) in [7, 11) is -3.38. The molecule has 2 aromatic carbocycles. The van der Waals surface area contributed by atoms with Crippen LogP contribution in [0.2, 0.25) is 0 Å².